The van der Waals surface area contributed by atoms with E-state index in [1.807, 2.05) is 75.4 Å². The van der Waals surface area contributed by atoms with Gasteiger partial charge in [0.25, 0.3) is 11.1 Å². The molecule has 1 aliphatic rings. The number of amides is 3. The van der Waals surface area contributed by atoms with Gasteiger partial charge in [-0.1, -0.05) is 42.5 Å². The smallest absolute Gasteiger partial charge is 0.294 e. The van der Waals surface area contributed by atoms with Gasteiger partial charge in [-0.15, -0.1) is 6.58 Å². The molecule has 1 aliphatic heterocycles. The molecule has 0 aliphatic carbocycles. The Labute approximate surface area is 238 Å². The van der Waals surface area contributed by atoms with Gasteiger partial charge >= 0.3 is 0 Å². The summed E-state index contributed by atoms with van der Waals surface area (Å²) in [5.74, 6) is 0.188. The van der Waals surface area contributed by atoms with Gasteiger partial charge in [0.2, 0.25) is 5.91 Å². The summed E-state index contributed by atoms with van der Waals surface area (Å²) in [6.45, 7) is 10.0. The number of carbonyl (C=O) groups excluding carboxylic acids is 3. The van der Waals surface area contributed by atoms with Crippen LogP contribution in [0.4, 0.5) is 10.5 Å². The van der Waals surface area contributed by atoms with Crippen LogP contribution in [0, 0.1) is 13.8 Å². The minimum atomic E-state index is -0.516. The van der Waals surface area contributed by atoms with Crippen LogP contribution >= 0.6 is 11.8 Å². The van der Waals surface area contributed by atoms with Crippen LogP contribution in [0.15, 0.2) is 78.2 Å². The van der Waals surface area contributed by atoms with Crippen LogP contribution in [0.3, 0.4) is 0 Å². The average molecular weight is 557 g/mol. The molecule has 0 unspecified atom stereocenters. The van der Waals surface area contributed by atoms with Crippen molar-refractivity contribution in [1.29, 1.82) is 0 Å². The summed E-state index contributed by atoms with van der Waals surface area (Å²) in [5.41, 5.74) is 5.17. The van der Waals surface area contributed by atoms with Crippen LogP contribution in [0.1, 0.15) is 34.7 Å². The van der Waals surface area contributed by atoms with Crippen molar-refractivity contribution in [2.24, 2.45) is 0 Å². The Balaban J connectivity index is 1.54. The van der Waals surface area contributed by atoms with E-state index in [2.05, 4.69) is 11.9 Å². The van der Waals surface area contributed by atoms with Gasteiger partial charge in [0.05, 0.1) is 11.5 Å². The van der Waals surface area contributed by atoms with E-state index in [1.54, 1.807) is 18.2 Å². The lowest BCUT2D eigenvalue weighted by molar-refractivity contribution is -0.127. The zero-order chi connectivity index (χ0) is 28.6. The maximum absolute atomic E-state index is 13.1. The lowest BCUT2D eigenvalue weighted by Gasteiger charge is -2.17. The van der Waals surface area contributed by atoms with Crippen molar-refractivity contribution in [3.63, 3.8) is 0 Å². The van der Waals surface area contributed by atoms with Gasteiger partial charge in [-0.3, -0.25) is 19.3 Å². The normalized spacial score (nSPS) is 14.0. The van der Waals surface area contributed by atoms with Crippen molar-refractivity contribution in [2.45, 2.75) is 33.8 Å². The summed E-state index contributed by atoms with van der Waals surface area (Å²) in [6.07, 6.45) is 3.93. The predicted molar refractivity (Wildman–Crippen MR) is 160 cm³/mol. The number of anilines is 1. The lowest BCUT2D eigenvalue weighted by Crippen LogP contribution is -2.36. The van der Waals surface area contributed by atoms with Gasteiger partial charge in [0.15, 0.2) is 11.5 Å². The molecule has 3 aromatic rings. The standard InChI is InChI=1S/C32H32N2O5S/c1-5-10-25-16-24(17-27(38-6-2)30(25)39-20-23-11-8-7-9-12-23)18-28-31(36)34(32(37)40-28)19-29(35)33-26-14-21(3)13-22(4)15-26/h5,7-9,11-18H,1,6,10,19-20H2,2-4H3,(H,33,35)/b28-18-. The summed E-state index contributed by atoms with van der Waals surface area (Å²) in [4.78, 5) is 39.7. The van der Waals surface area contributed by atoms with E-state index < -0.39 is 17.1 Å². The molecular weight excluding hydrogens is 524 g/mol. The highest BCUT2D eigenvalue weighted by Gasteiger charge is 2.36. The number of nitrogens with one attached hydrogen (secondary N) is 1. The molecule has 1 saturated heterocycles. The van der Waals surface area contributed by atoms with Gasteiger partial charge in [-0.05, 0) is 91.5 Å². The number of rotatable bonds is 11. The number of aryl methyl sites for hydroxylation is 2. The number of imide groups is 1. The molecule has 0 aromatic heterocycles. The fourth-order valence-electron chi connectivity index (χ4n) is 4.41. The highest BCUT2D eigenvalue weighted by Crippen LogP contribution is 2.37. The second-order valence-corrected chi connectivity index (χ2v) is 10.4. The third kappa shape index (κ3) is 7.21. The van der Waals surface area contributed by atoms with Gasteiger partial charge in [-0.25, -0.2) is 0 Å². The number of benzene rings is 3. The Morgan fingerprint density at radius 1 is 1.02 bits per heavy atom. The first-order valence-electron chi connectivity index (χ1n) is 13.0. The Hall–Kier alpha value is -4.30. The fraction of sp³-hybridized carbons (Fsp3) is 0.219. The maximum atomic E-state index is 13.1. The number of nitrogens with zero attached hydrogens (tertiary/aromatic N) is 1. The van der Waals surface area contributed by atoms with E-state index in [0.29, 0.717) is 42.4 Å². The molecule has 0 radical (unpaired) electrons. The van der Waals surface area contributed by atoms with Crippen molar-refractivity contribution >= 4 is 40.6 Å². The molecule has 7 nitrogen and oxygen atoms in total. The van der Waals surface area contributed by atoms with E-state index in [4.69, 9.17) is 9.47 Å². The van der Waals surface area contributed by atoms with Crippen molar-refractivity contribution in [3.8, 4) is 11.5 Å². The summed E-state index contributed by atoms with van der Waals surface area (Å²) in [7, 11) is 0. The molecule has 1 heterocycles. The molecule has 0 bridgehead atoms. The molecule has 0 saturated carbocycles. The van der Waals surface area contributed by atoms with Gasteiger partial charge in [0, 0.05) is 11.3 Å². The third-order valence-corrected chi connectivity index (χ3v) is 6.93. The largest absolute Gasteiger partial charge is 0.490 e. The number of allylic oxidation sites excluding steroid dienone is 1. The minimum Gasteiger partial charge on any atom is -0.490 e. The number of carbonyl (C=O) groups is 3. The van der Waals surface area contributed by atoms with Gasteiger partial charge < -0.3 is 14.8 Å². The van der Waals surface area contributed by atoms with Crippen LogP contribution in [-0.2, 0) is 22.6 Å². The summed E-state index contributed by atoms with van der Waals surface area (Å²) >= 11 is 0.806. The number of thioether (sulfide) groups is 1. The highest BCUT2D eigenvalue weighted by molar-refractivity contribution is 8.18. The number of hydrogen-bond acceptors (Lipinski definition) is 6. The van der Waals surface area contributed by atoms with Crippen molar-refractivity contribution in [1.82, 2.24) is 4.90 Å². The zero-order valence-corrected chi connectivity index (χ0v) is 23.7. The van der Waals surface area contributed by atoms with Crippen molar-refractivity contribution in [3.05, 3.63) is 106 Å². The summed E-state index contributed by atoms with van der Waals surface area (Å²) in [5, 5.41) is 2.28. The molecule has 1 N–H and O–H groups in total. The number of hydrogen-bond donors (Lipinski definition) is 1. The highest BCUT2D eigenvalue weighted by atomic mass is 32.2. The molecule has 40 heavy (non-hydrogen) atoms. The van der Waals surface area contributed by atoms with Crippen LogP contribution in [0.2, 0.25) is 0 Å². The first-order chi connectivity index (χ1) is 19.3. The number of ether oxygens (including phenoxy) is 2. The molecule has 8 heteroatoms. The van der Waals surface area contributed by atoms with E-state index in [1.165, 1.54) is 0 Å². The molecule has 0 atom stereocenters. The first kappa shape index (κ1) is 28.7. The second-order valence-electron chi connectivity index (χ2n) is 9.40. The SMILES string of the molecule is C=CCc1cc(/C=C2\SC(=O)N(CC(=O)Nc3cc(C)cc(C)c3)C2=O)cc(OCC)c1OCc1ccccc1. The molecule has 3 aromatic carbocycles. The van der Waals surface area contributed by atoms with E-state index >= 15 is 0 Å². The molecule has 3 amide bonds. The first-order valence-corrected chi connectivity index (χ1v) is 13.8. The molecule has 206 valence electrons. The lowest BCUT2D eigenvalue weighted by atomic mass is 10.0. The molecule has 4 rings (SSSR count). The van der Waals surface area contributed by atoms with Crippen LogP contribution < -0.4 is 14.8 Å². The Bertz CT molecular complexity index is 1450. The second kappa shape index (κ2) is 13.2. The van der Waals surface area contributed by atoms with Crippen molar-refractivity contribution in [2.75, 3.05) is 18.5 Å². The summed E-state index contributed by atoms with van der Waals surface area (Å²) in [6, 6.07) is 19.2. The molecular formula is C32H32N2O5S. The van der Waals surface area contributed by atoms with Crippen LogP contribution in [0.25, 0.3) is 6.08 Å². The van der Waals surface area contributed by atoms with E-state index in [0.717, 1.165) is 38.9 Å². The average Bonchev–Trinajstić information content (AvgIpc) is 3.15. The van der Waals surface area contributed by atoms with E-state index in [-0.39, 0.29) is 11.4 Å². The van der Waals surface area contributed by atoms with Gasteiger partial charge in [-0.2, -0.15) is 0 Å². The van der Waals surface area contributed by atoms with E-state index in [9.17, 15) is 14.4 Å². The van der Waals surface area contributed by atoms with Crippen molar-refractivity contribution < 1.29 is 23.9 Å². The van der Waals surface area contributed by atoms with Crippen LogP contribution in [0.5, 0.6) is 11.5 Å². The predicted octanol–water partition coefficient (Wildman–Crippen LogP) is 6.68. The van der Waals surface area contributed by atoms with Crippen LogP contribution in [-0.4, -0.2) is 35.1 Å². The third-order valence-electron chi connectivity index (χ3n) is 6.02. The van der Waals surface area contributed by atoms with Gasteiger partial charge in [0.1, 0.15) is 13.2 Å². The Kier molecular flexibility index (Phi) is 9.45. The minimum absolute atomic E-state index is 0.231. The Morgan fingerprint density at radius 3 is 2.42 bits per heavy atom. The molecule has 1 fully saturated rings. The topological polar surface area (TPSA) is 84.9 Å². The zero-order valence-electron chi connectivity index (χ0n) is 22.9. The monoisotopic (exact) mass is 556 g/mol. The molecule has 0 spiro atoms. The maximum Gasteiger partial charge on any atom is 0.294 e. The summed E-state index contributed by atoms with van der Waals surface area (Å²) < 4.78 is 12.1. The Morgan fingerprint density at radius 2 is 1.75 bits per heavy atom. The fourth-order valence-corrected chi connectivity index (χ4v) is 5.25. The quantitative estimate of drug-likeness (QED) is 0.209.